The third kappa shape index (κ3) is 5.53. The monoisotopic (exact) mass is 409 g/mol. The minimum atomic E-state index is 0.0960. The molecule has 0 bridgehead atoms. The van der Waals surface area contributed by atoms with E-state index in [0.717, 1.165) is 43.3 Å². The molecule has 1 aliphatic heterocycles. The van der Waals surface area contributed by atoms with Crippen molar-refractivity contribution in [1.29, 1.82) is 5.26 Å². The van der Waals surface area contributed by atoms with E-state index in [1.807, 2.05) is 26.0 Å². The van der Waals surface area contributed by atoms with Crippen molar-refractivity contribution in [3.63, 3.8) is 0 Å². The lowest BCUT2D eigenvalue weighted by Gasteiger charge is -2.31. The SMILES string of the molecule is CCOCOc1cc(C=O)ccc1-c1nnc(N[C@@H]2CCCN(CC#N)C2)cc1C. The number of ether oxygens (including phenoxy) is 2. The van der Waals surface area contributed by atoms with E-state index in [0.29, 0.717) is 36.0 Å². The van der Waals surface area contributed by atoms with Crippen LogP contribution in [0.2, 0.25) is 0 Å². The number of nitrogens with zero attached hydrogens (tertiary/aromatic N) is 4. The summed E-state index contributed by atoms with van der Waals surface area (Å²) in [6.07, 6.45) is 2.86. The molecule has 1 aliphatic rings. The Labute approximate surface area is 176 Å². The molecule has 30 heavy (non-hydrogen) atoms. The van der Waals surface area contributed by atoms with Crippen LogP contribution in [-0.2, 0) is 4.74 Å². The number of likely N-dealkylation sites (tertiary alicyclic amines) is 1. The number of aldehydes is 1. The van der Waals surface area contributed by atoms with Gasteiger partial charge < -0.3 is 14.8 Å². The first-order chi connectivity index (χ1) is 14.6. The Morgan fingerprint density at radius 2 is 2.23 bits per heavy atom. The zero-order chi connectivity index (χ0) is 21.3. The van der Waals surface area contributed by atoms with E-state index < -0.39 is 0 Å². The maximum atomic E-state index is 11.2. The first-order valence-corrected chi connectivity index (χ1v) is 10.1. The molecule has 2 aromatic rings. The number of nitrogens with one attached hydrogen (secondary N) is 1. The topological polar surface area (TPSA) is 100 Å². The lowest BCUT2D eigenvalue weighted by Crippen LogP contribution is -2.42. The van der Waals surface area contributed by atoms with Gasteiger partial charge in [0.25, 0.3) is 0 Å². The van der Waals surface area contributed by atoms with Crippen LogP contribution < -0.4 is 10.1 Å². The third-order valence-corrected chi connectivity index (χ3v) is 5.04. The molecular weight excluding hydrogens is 382 g/mol. The Morgan fingerprint density at radius 1 is 1.37 bits per heavy atom. The van der Waals surface area contributed by atoms with Gasteiger partial charge in [0.1, 0.15) is 17.9 Å². The molecule has 0 spiro atoms. The Balaban J connectivity index is 1.78. The van der Waals surface area contributed by atoms with Crippen molar-refractivity contribution >= 4 is 12.1 Å². The summed E-state index contributed by atoms with van der Waals surface area (Å²) in [5.41, 5.74) is 2.92. The first kappa shape index (κ1) is 21.7. The lowest BCUT2D eigenvalue weighted by molar-refractivity contribution is 0.0227. The summed E-state index contributed by atoms with van der Waals surface area (Å²) in [5.74, 6) is 1.24. The summed E-state index contributed by atoms with van der Waals surface area (Å²) in [6.45, 7) is 6.71. The van der Waals surface area contributed by atoms with Crippen LogP contribution in [0.15, 0.2) is 24.3 Å². The maximum Gasteiger partial charge on any atom is 0.189 e. The number of rotatable bonds is 9. The fraction of sp³-hybridized carbons (Fsp3) is 0.455. The normalized spacial score (nSPS) is 16.6. The van der Waals surface area contributed by atoms with Gasteiger partial charge in [-0.3, -0.25) is 9.69 Å². The second-order valence-electron chi connectivity index (χ2n) is 7.27. The highest BCUT2D eigenvalue weighted by Gasteiger charge is 2.20. The Kier molecular flexibility index (Phi) is 7.71. The average Bonchev–Trinajstić information content (AvgIpc) is 2.75. The number of carbonyl (C=O) groups excluding carboxylic acids is 1. The summed E-state index contributed by atoms with van der Waals surface area (Å²) >= 11 is 0. The Bertz CT molecular complexity index is 912. The quantitative estimate of drug-likeness (QED) is 0.292. The van der Waals surface area contributed by atoms with Crippen molar-refractivity contribution in [3.05, 3.63) is 35.4 Å². The van der Waals surface area contributed by atoms with Gasteiger partial charge in [0, 0.05) is 30.3 Å². The van der Waals surface area contributed by atoms with Gasteiger partial charge >= 0.3 is 0 Å². The molecule has 1 saturated heterocycles. The first-order valence-electron chi connectivity index (χ1n) is 10.1. The number of benzene rings is 1. The zero-order valence-corrected chi connectivity index (χ0v) is 17.4. The maximum absolute atomic E-state index is 11.2. The van der Waals surface area contributed by atoms with Gasteiger partial charge in [0.15, 0.2) is 6.79 Å². The summed E-state index contributed by atoms with van der Waals surface area (Å²) in [4.78, 5) is 13.3. The van der Waals surface area contributed by atoms with E-state index in [9.17, 15) is 4.79 Å². The van der Waals surface area contributed by atoms with Crippen LogP contribution >= 0.6 is 0 Å². The fourth-order valence-corrected chi connectivity index (χ4v) is 3.56. The van der Waals surface area contributed by atoms with E-state index in [-0.39, 0.29) is 12.8 Å². The Morgan fingerprint density at radius 3 is 2.97 bits per heavy atom. The second kappa shape index (κ2) is 10.7. The number of piperidine rings is 1. The van der Waals surface area contributed by atoms with Gasteiger partial charge in [0.2, 0.25) is 0 Å². The molecule has 1 N–H and O–H groups in total. The zero-order valence-electron chi connectivity index (χ0n) is 17.4. The predicted octanol–water partition coefficient (Wildman–Crippen LogP) is 3.04. The van der Waals surface area contributed by atoms with E-state index in [4.69, 9.17) is 14.7 Å². The van der Waals surface area contributed by atoms with Crippen LogP contribution in [0.4, 0.5) is 5.82 Å². The number of nitriles is 1. The smallest absolute Gasteiger partial charge is 0.189 e. The van der Waals surface area contributed by atoms with Gasteiger partial charge in [-0.25, -0.2) is 0 Å². The lowest BCUT2D eigenvalue weighted by atomic mass is 10.0. The van der Waals surface area contributed by atoms with Crippen LogP contribution in [0, 0.1) is 18.3 Å². The van der Waals surface area contributed by atoms with Crippen molar-refractivity contribution < 1.29 is 14.3 Å². The van der Waals surface area contributed by atoms with Crippen LogP contribution in [0.3, 0.4) is 0 Å². The van der Waals surface area contributed by atoms with Gasteiger partial charge in [-0.05, 0) is 57.0 Å². The molecule has 2 heterocycles. The number of aromatic nitrogens is 2. The molecule has 0 amide bonds. The molecule has 1 atom stereocenters. The van der Waals surface area contributed by atoms with E-state index >= 15 is 0 Å². The molecule has 0 unspecified atom stereocenters. The number of aryl methyl sites for hydroxylation is 1. The summed E-state index contributed by atoms with van der Waals surface area (Å²) < 4.78 is 11.0. The molecule has 1 aromatic carbocycles. The van der Waals surface area contributed by atoms with Crippen LogP contribution in [0.25, 0.3) is 11.3 Å². The van der Waals surface area contributed by atoms with Crippen molar-refractivity contribution in [1.82, 2.24) is 15.1 Å². The number of hydrogen-bond acceptors (Lipinski definition) is 8. The van der Waals surface area contributed by atoms with Gasteiger partial charge in [-0.1, -0.05) is 6.07 Å². The summed E-state index contributed by atoms with van der Waals surface area (Å²) in [6, 6.07) is 9.65. The number of carbonyl (C=O) groups is 1. The van der Waals surface area contributed by atoms with Gasteiger partial charge in [-0.2, -0.15) is 5.26 Å². The van der Waals surface area contributed by atoms with Gasteiger partial charge in [-0.15, -0.1) is 10.2 Å². The molecule has 1 fully saturated rings. The molecule has 0 aliphatic carbocycles. The number of anilines is 1. The minimum absolute atomic E-state index is 0.0960. The molecule has 8 heteroatoms. The predicted molar refractivity (Wildman–Crippen MR) is 113 cm³/mol. The molecule has 0 saturated carbocycles. The number of hydrogen-bond donors (Lipinski definition) is 1. The summed E-state index contributed by atoms with van der Waals surface area (Å²) in [7, 11) is 0. The van der Waals surface area contributed by atoms with E-state index in [1.54, 1.807) is 12.1 Å². The Hall–Kier alpha value is -3.02. The van der Waals surface area contributed by atoms with Crippen molar-refractivity contribution in [2.75, 3.05) is 38.4 Å². The highest BCUT2D eigenvalue weighted by molar-refractivity contribution is 5.80. The van der Waals surface area contributed by atoms with Gasteiger partial charge in [0.05, 0.1) is 18.3 Å². The van der Waals surface area contributed by atoms with E-state index in [1.165, 1.54) is 0 Å². The van der Waals surface area contributed by atoms with Crippen molar-refractivity contribution in [2.24, 2.45) is 0 Å². The molecule has 1 aromatic heterocycles. The van der Waals surface area contributed by atoms with E-state index in [2.05, 4.69) is 26.5 Å². The standard InChI is InChI=1S/C22H27N5O3/c1-3-29-15-30-20-12-17(14-28)6-7-19(20)22-16(2)11-21(25-26-22)24-18-5-4-9-27(13-18)10-8-23/h6-7,11-12,14,18H,3-5,9-10,13,15H2,1-2H3,(H,24,25)/t18-/m1/s1. The second-order valence-corrected chi connectivity index (χ2v) is 7.27. The van der Waals surface area contributed by atoms with Crippen LogP contribution in [0.1, 0.15) is 35.7 Å². The highest BCUT2D eigenvalue weighted by atomic mass is 16.7. The molecule has 3 rings (SSSR count). The molecular formula is C22H27N5O3. The molecule has 158 valence electrons. The average molecular weight is 409 g/mol. The summed E-state index contributed by atoms with van der Waals surface area (Å²) in [5, 5.41) is 21.1. The van der Waals surface area contributed by atoms with Crippen molar-refractivity contribution in [2.45, 2.75) is 32.7 Å². The fourth-order valence-electron chi connectivity index (χ4n) is 3.56. The minimum Gasteiger partial charge on any atom is -0.467 e. The van der Waals surface area contributed by atoms with Crippen LogP contribution in [-0.4, -0.2) is 60.5 Å². The molecule has 8 nitrogen and oxygen atoms in total. The highest BCUT2D eigenvalue weighted by Crippen LogP contribution is 2.32. The van der Waals surface area contributed by atoms with Crippen molar-refractivity contribution in [3.8, 4) is 23.1 Å². The van der Waals surface area contributed by atoms with Crippen LogP contribution in [0.5, 0.6) is 5.75 Å². The largest absolute Gasteiger partial charge is 0.467 e. The molecule has 0 radical (unpaired) electrons. The third-order valence-electron chi connectivity index (χ3n) is 5.04.